The number of hydrogen-bond donors (Lipinski definition) is 2. The molecule has 1 saturated heterocycles. The molecule has 7 heteroatoms. The molecule has 0 aliphatic carbocycles. The van der Waals surface area contributed by atoms with Gasteiger partial charge in [-0.05, 0) is 49.0 Å². The Hall–Kier alpha value is -1.41. The normalized spacial score (nSPS) is 25.2. The zero-order valence-corrected chi connectivity index (χ0v) is 15.6. The number of rotatable bonds is 5. The lowest BCUT2D eigenvalue weighted by atomic mass is 9.90. The van der Waals surface area contributed by atoms with E-state index in [0.29, 0.717) is 17.4 Å². The lowest BCUT2D eigenvalue weighted by Crippen LogP contribution is -2.46. The molecular formula is C18H26N2O4S. The van der Waals surface area contributed by atoms with E-state index in [0.717, 1.165) is 43.7 Å². The standard InChI is InChI=1S/C18H26N2O4S/c1-18(19-21)13-20(11-14-7-9-24-10-8-14)12-17(18)15-3-5-16(6-4-15)25(2,22)23/h3-6,12,14,19,21H,7-11,13H2,1-2H3. The summed E-state index contributed by atoms with van der Waals surface area (Å²) < 4.78 is 28.7. The lowest BCUT2D eigenvalue weighted by Gasteiger charge is -2.30. The van der Waals surface area contributed by atoms with E-state index in [2.05, 4.69) is 16.6 Å². The van der Waals surface area contributed by atoms with Crippen LogP contribution in [0.3, 0.4) is 0 Å². The average molecular weight is 366 g/mol. The second-order valence-corrected chi connectivity index (χ2v) is 9.28. The van der Waals surface area contributed by atoms with Gasteiger partial charge in [0.05, 0.1) is 10.4 Å². The van der Waals surface area contributed by atoms with E-state index >= 15 is 0 Å². The van der Waals surface area contributed by atoms with Crippen molar-refractivity contribution in [1.29, 1.82) is 0 Å². The van der Waals surface area contributed by atoms with Gasteiger partial charge in [-0.3, -0.25) is 0 Å². The van der Waals surface area contributed by atoms with Gasteiger partial charge in [0, 0.05) is 38.8 Å². The van der Waals surface area contributed by atoms with Crippen LogP contribution in [-0.4, -0.2) is 56.6 Å². The Labute approximate surface area is 149 Å². The van der Waals surface area contributed by atoms with Gasteiger partial charge in [-0.1, -0.05) is 12.1 Å². The first-order chi connectivity index (χ1) is 11.8. The number of sulfone groups is 1. The first kappa shape index (κ1) is 18.4. The number of nitrogens with one attached hydrogen (secondary N) is 1. The number of ether oxygens (including phenoxy) is 1. The van der Waals surface area contributed by atoms with Gasteiger partial charge in [0.25, 0.3) is 0 Å². The van der Waals surface area contributed by atoms with Crippen LogP contribution in [0.1, 0.15) is 25.3 Å². The molecule has 138 valence electrons. The van der Waals surface area contributed by atoms with Crippen LogP contribution < -0.4 is 5.48 Å². The van der Waals surface area contributed by atoms with Crippen molar-refractivity contribution in [3.05, 3.63) is 36.0 Å². The molecule has 1 unspecified atom stereocenters. The Morgan fingerprint density at radius 3 is 2.48 bits per heavy atom. The maximum absolute atomic E-state index is 11.6. The Balaban J connectivity index is 1.82. The van der Waals surface area contributed by atoms with Crippen molar-refractivity contribution in [2.24, 2.45) is 5.92 Å². The van der Waals surface area contributed by atoms with Crippen LogP contribution in [0.2, 0.25) is 0 Å². The zero-order chi connectivity index (χ0) is 18.1. The number of hydroxylamine groups is 1. The molecular weight excluding hydrogens is 340 g/mol. The van der Waals surface area contributed by atoms with Crippen LogP contribution in [0.4, 0.5) is 0 Å². The molecule has 1 aromatic rings. The molecule has 2 aliphatic rings. The van der Waals surface area contributed by atoms with Crippen LogP contribution in [0.15, 0.2) is 35.4 Å². The van der Waals surface area contributed by atoms with Gasteiger partial charge in [-0.15, -0.1) is 0 Å². The summed E-state index contributed by atoms with van der Waals surface area (Å²) in [6.07, 6.45) is 5.40. The minimum absolute atomic E-state index is 0.299. The highest BCUT2D eigenvalue weighted by molar-refractivity contribution is 7.90. The fraction of sp³-hybridized carbons (Fsp3) is 0.556. The molecule has 0 radical (unpaired) electrons. The van der Waals surface area contributed by atoms with Gasteiger partial charge in [0.1, 0.15) is 0 Å². The fourth-order valence-electron chi connectivity index (χ4n) is 3.61. The lowest BCUT2D eigenvalue weighted by molar-refractivity contribution is 0.0524. The molecule has 0 aromatic heterocycles. The van der Waals surface area contributed by atoms with E-state index < -0.39 is 15.4 Å². The quantitative estimate of drug-likeness (QED) is 0.775. The molecule has 0 saturated carbocycles. The summed E-state index contributed by atoms with van der Waals surface area (Å²) in [5.74, 6) is 0.597. The number of benzene rings is 1. The monoisotopic (exact) mass is 366 g/mol. The molecule has 3 rings (SSSR count). The van der Waals surface area contributed by atoms with E-state index in [4.69, 9.17) is 4.74 Å². The maximum Gasteiger partial charge on any atom is 0.175 e. The van der Waals surface area contributed by atoms with Gasteiger partial charge < -0.3 is 14.8 Å². The predicted molar refractivity (Wildman–Crippen MR) is 96.0 cm³/mol. The smallest absolute Gasteiger partial charge is 0.175 e. The Kier molecular flexibility index (Phi) is 5.20. The van der Waals surface area contributed by atoms with Gasteiger partial charge in [-0.25, -0.2) is 8.42 Å². The second kappa shape index (κ2) is 7.07. The molecule has 2 heterocycles. The fourth-order valence-corrected chi connectivity index (χ4v) is 4.24. The van der Waals surface area contributed by atoms with E-state index in [9.17, 15) is 13.6 Å². The minimum atomic E-state index is -3.21. The summed E-state index contributed by atoms with van der Waals surface area (Å²) in [6, 6.07) is 6.83. The van der Waals surface area contributed by atoms with Crippen LogP contribution in [0.5, 0.6) is 0 Å². The van der Waals surface area contributed by atoms with E-state index in [-0.39, 0.29) is 0 Å². The number of hydrogen-bond acceptors (Lipinski definition) is 6. The SMILES string of the molecule is CC1(NO)CN(CC2CCOCC2)C=C1c1ccc(S(C)(=O)=O)cc1. The Morgan fingerprint density at radius 2 is 1.92 bits per heavy atom. The maximum atomic E-state index is 11.6. The van der Waals surface area contributed by atoms with Gasteiger partial charge in [0.2, 0.25) is 0 Å². The van der Waals surface area contributed by atoms with Crippen molar-refractivity contribution in [2.75, 3.05) is 32.6 Å². The number of nitrogens with zero attached hydrogens (tertiary/aromatic N) is 1. The van der Waals surface area contributed by atoms with Crippen molar-refractivity contribution in [1.82, 2.24) is 10.4 Å². The summed E-state index contributed by atoms with van der Waals surface area (Å²) in [4.78, 5) is 2.53. The molecule has 1 aromatic carbocycles. The molecule has 25 heavy (non-hydrogen) atoms. The molecule has 1 atom stereocenters. The summed E-state index contributed by atoms with van der Waals surface area (Å²) in [5, 5.41) is 9.73. The first-order valence-corrected chi connectivity index (χ1v) is 10.5. The predicted octanol–water partition coefficient (Wildman–Crippen LogP) is 1.91. The van der Waals surface area contributed by atoms with Crippen LogP contribution in [0.25, 0.3) is 5.57 Å². The summed E-state index contributed by atoms with van der Waals surface area (Å²) in [7, 11) is -3.21. The molecule has 1 fully saturated rings. The zero-order valence-electron chi connectivity index (χ0n) is 14.7. The van der Waals surface area contributed by atoms with Crippen LogP contribution in [0, 0.1) is 5.92 Å². The van der Waals surface area contributed by atoms with Gasteiger partial charge in [0.15, 0.2) is 9.84 Å². The average Bonchev–Trinajstić information content (AvgIpc) is 2.92. The Morgan fingerprint density at radius 1 is 1.28 bits per heavy atom. The van der Waals surface area contributed by atoms with E-state index in [1.165, 1.54) is 6.26 Å². The van der Waals surface area contributed by atoms with Crippen molar-refractivity contribution >= 4 is 15.4 Å². The highest BCUT2D eigenvalue weighted by Crippen LogP contribution is 2.35. The first-order valence-electron chi connectivity index (χ1n) is 8.58. The molecule has 6 nitrogen and oxygen atoms in total. The Bertz CT molecular complexity index is 739. The highest BCUT2D eigenvalue weighted by atomic mass is 32.2. The third-order valence-corrected chi connectivity index (χ3v) is 6.23. The van der Waals surface area contributed by atoms with Crippen molar-refractivity contribution < 1.29 is 18.4 Å². The van der Waals surface area contributed by atoms with Gasteiger partial charge >= 0.3 is 0 Å². The van der Waals surface area contributed by atoms with E-state index in [1.807, 2.05) is 6.92 Å². The summed E-state index contributed by atoms with van der Waals surface area (Å²) in [5.41, 5.74) is 3.73. The summed E-state index contributed by atoms with van der Waals surface area (Å²) in [6.45, 7) is 5.19. The van der Waals surface area contributed by atoms with Crippen LogP contribution in [-0.2, 0) is 14.6 Å². The minimum Gasteiger partial charge on any atom is -0.381 e. The highest BCUT2D eigenvalue weighted by Gasteiger charge is 2.37. The topological polar surface area (TPSA) is 78.9 Å². The molecule has 0 bridgehead atoms. The van der Waals surface area contributed by atoms with Crippen molar-refractivity contribution in [3.8, 4) is 0 Å². The van der Waals surface area contributed by atoms with Gasteiger partial charge in [-0.2, -0.15) is 5.48 Å². The van der Waals surface area contributed by atoms with Crippen molar-refractivity contribution in [3.63, 3.8) is 0 Å². The molecule has 2 N–H and O–H groups in total. The molecule has 0 amide bonds. The third kappa shape index (κ3) is 4.06. The van der Waals surface area contributed by atoms with Crippen LogP contribution >= 0.6 is 0 Å². The third-order valence-electron chi connectivity index (χ3n) is 5.10. The molecule has 0 spiro atoms. The molecule has 2 aliphatic heterocycles. The van der Waals surface area contributed by atoms with E-state index in [1.54, 1.807) is 24.3 Å². The summed E-state index contributed by atoms with van der Waals surface area (Å²) >= 11 is 0. The second-order valence-electron chi connectivity index (χ2n) is 7.27. The van der Waals surface area contributed by atoms with Crippen molar-refractivity contribution in [2.45, 2.75) is 30.2 Å². The largest absolute Gasteiger partial charge is 0.381 e.